The summed E-state index contributed by atoms with van der Waals surface area (Å²) in [5.74, 6) is 1.99. The Labute approximate surface area is 92.3 Å². The Bertz CT molecular complexity index is 417. The molecule has 0 amide bonds. The average Bonchev–Trinajstić information content (AvgIpc) is 2.67. The Kier molecular flexibility index (Phi) is 2.80. The molecule has 1 aromatic carbocycles. The third-order valence-electron chi connectivity index (χ3n) is 1.92. The topological polar surface area (TPSA) is 13.1 Å². The second kappa shape index (κ2) is 4.07. The summed E-state index contributed by atoms with van der Waals surface area (Å²) in [5, 5.41) is 0.720. The molecular weight excluding hydrogens is 219 g/mol. The van der Waals surface area contributed by atoms with E-state index in [1.165, 1.54) is 0 Å². The highest BCUT2D eigenvalue weighted by Crippen LogP contribution is 2.24. The van der Waals surface area contributed by atoms with E-state index in [1.807, 2.05) is 36.4 Å². The molecule has 0 N–H and O–H groups in total. The Hall–Kier alpha value is -0.920. The number of hydrogen-bond donors (Lipinski definition) is 0. The lowest BCUT2D eigenvalue weighted by Crippen LogP contribution is -1.72. The molecule has 72 valence electrons. The molecule has 1 nitrogen and oxygen atoms in total. The largest absolute Gasteiger partial charge is 0.460 e. The van der Waals surface area contributed by atoms with Crippen molar-refractivity contribution in [2.45, 2.75) is 5.88 Å². The Morgan fingerprint density at radius 2 is 1.71 bits per heavy atom. The van der Waals surface area contributed by atoms with Crippen LogP contribution in [0.4, 0.5) is 0 Å². The van der Waals surface area contributed by atoms with E-state index < -0.39 is 0 Å². The van der Waals surface area contributed by atoms with Crippen LogP contribution in [0, 0.1) is 0 Å². The molecule has 1 aromatic heterocycles. The molecule has 0 fully saturated rings. The van der Waals surface area contributed by atoms with Gasteiger partial charge in [0, 0.05) is 10.6 Å². The summed E-state index contributed by atoms with van der Waals surface area (Å²) < 4.78 is 5.48. The zero-order valence-electron chi connectivity index (χ0n) is 7.34. The fourth-order valence-electron chi connectivity index (χ4n) is 1.22. The summed E-state index contributed by atoms with van der Waals surface area (Å²) in [6.07, 6.45) is 0. The van der Waals surface area contributed by atoms with Crippen LogP contribution in [0.15, 0.2) is 40.8 Å². The molecule has 0 saturated heterocycles. The van der Waals surface area contributed by atoms with Crippen molar-refractivity contribution in [2.24, 2.45) is 0 Å². The first-order chi connectivity index (χ1) is 6.79. The SMILES string of the molecule is ClCc1ccc(-c2ccc(Cl)cc2)o1. The molecule has 0 radical (unpaired) electrons. The van der Waals surface area contributed by atoms with E-state index in [-0.39, 0.29) is 0 Å². The van der Waals surface area contributed by atoms with Gasteiger partial charge in [-0.1, -0.05) is 11.6 Å². The van der Waals surface area contributed by atoms with Gasteiger partial charge in [-0.3, -0.25) is 0 Å². The van der Waals surface area contributed by atoms with Gasteiger partial charge in [0.25, 0.3) is 0 Å². The van der Waals surface area contributed by atoms with Crippen LogP contribution in [-0.4, -0.2) is 0 Å². The van der Waals surface area contributed by atoms with E-state index in [0.29, 0.717) is 5.88 Å². The van der Waals surface area contributed by atoms with Gasteiger partial charge in [0.2, 0.25) is 0 Å². The molecule has 0 spiro atoms. The maximum absolute atomic E-state index is 5.78. The molecule has 0 bridgehead atoms. The molecular formula is C11H8Cl2O. The Morgan fingerprint density at radius 1 is 1.00 bits per heavy atom. The van der Waals surface area contributed by atoms with E-state index in [2.05, 4.69) is 0 Å². The third kappa shape index (κ3) is 1.94. The van der Waals surface area contributed by atoms with Crippen molar-refractivity contribution in [1.82, 2.24) is 0 Å². The van der Waals surface area contributed by atoms with E-state index in [0.717, 1.165) is 22.1 Å². The van der Waals surface area contributed by atoms with Gasteiger partial charge in [-0.05, 0) is 36.4 Å². The van der Waals surface area contributed by atoms with E-state index in [4.69, 9.17) is 27.6 Å². The van der Waals surface area contributed by atoms with Gasteiger partial charge in [-0.25, -0.2) is 0 Å². The van der Waals surface area contributed by atoms with Gasteiger partial charge in [-0.15, -0.1) is 11.6 Å². The molecule has 0 atom stereocenters. The summed E-state index contributed by atoms with van der Waals surface area (Å²) in [5.41, 5.74) is 1.01. The third-order valence-corrected chi connectivity index (χ3v) is 2.44. The highest BCUT2D eigenvalue weighted by Gasteiger charge is 2.03. The lowest BCUT2D eigenvalue weighted by molar-refractivity contribution is 0.543. The number of rotatable bonds is 2. The summed E-state index contributed by atoms with van der Waals surface area (Å²) in [6.45, 7) is 0. The van der Waals surface area contributed by atoms with Gasteiger partial charge >= 0.3 is 0 Å². The monoisotopic (exact) mass is 226 g/mol. The fourth-order valence-corrected chi connectivity index (χ4v) is 1.49. The minimum absolute atomic E-state index is 0.396. The van der Waals surface area contributed by atoms with E-state index in [9.17, 15) is 0 Å². The fraction of sp³-hybridized carbons (Fsp3) is 0.0909. The van der Waals surface area contributed by atoms with Crippen molar-refractivity contribution in [3.63, 3.8) is 0 Å². The van der Waals surface area contributed by atoms with Gasteiger partial charge < -0.3 is 4.42 Å². The average molecular weight is 227 g/mol. The first kappa shape index (κ1) is 9.63. The zero-order valence-corrected chi connectivity index (χ0v) is 8.85. The van der Waals surface area contributed by atoms with E-state index in [1.54, 1.807) is 0 Å². The first-order valence-corrected chi connectivity index (χ1v) is 5.11. The second-order valence-electron chi connectivity index (χ2n) is 2.91. The predicted octanol–water partition coefficient (Wildman–Crippen LogP) is 4.34. The highest BCUT2D eigenvalue weighted by atomic mass is 35.5. The summed E-state index contributed by atoms with van der Waals surface area (Å²) in [7, 11) is 0. The lowest BCUT2D eigenvalue weighted by atomic mass is 10.2. The molecule has 0 aliphatic heterocycles. The van der Waals surface area contributed by atoms with E-state index >= 15 is 0 Å². The summed E-state index contributed by atoms with van der Waals surface area (Å²) in [6, 6.07) is 11.3. The first-order valence-electron chi connectivity index (χ1n) is 4.20. The van der Waals surface area contributed by atoms with Gasteiger partial charge in [0.1, 0.15) is 11.5 Å². The number of alkyl halides is 1. The molecule has 1 heterocycles. The smallest absolute Gasteiger partial charge is 0.134 e. The van der Waals surface area contributed by atoms with Crippen molar-refractivity contribution in [3.05, 3.63) is 47.2 Å². The maximum atomic E-state index is 5.78. The summed E-state index contributed by atoms with van der Waals surface area (Å²) >= 11 is 11.4. The number of hydrogen-bond acceptors (Lipinski definition) is 1. The maximum Gasteiger partial charge on any atom is 0.134 e. The zero-order chi connectivity index (χ0) is 9.97. The van der Waals surface area contributed by atoms with Crippen LogP contribution in [0.25, 0.3) is 11.3 Å². The number of halogens is 2. The van der Waals surface area contributed by atoms with Crippen LogP contribution in [0.2, 0.25) is 5.02 Å². The molecule has 3 heteroatoms. The summed E-state index contributed by atoms with van der Waals surface area (Å²) in [4.78, 5) is 0. The van der Waals surface area contributed by atoms with Crippen molar-refractivity contribution >= 4 is 23.2 Å². The standard InChI is InChI=1S/C11H8Cl2O/c12-7-10-5-6-11(14-10)8-1-3-9(13)4-2-8/h1-6H,7H2. The highest BCUT2D eigenvalue weighted by molar-refractivity contribution is 6.30. The van der Waals surface area contributed by atoms with Crippen molar-refractivity contribution < 1.29 is 4.42 Å². The minimum atomic E-state index is 0.396. The van der Waals surface area contributed by atoms with Gasteiger partial charge in [0.05, 0.1) is 5.88 Å². The molecule has 0 saturated carbocycles. The lowest BCUT2D eigenvalue weighted by Gasteiger charge is -1.96. The molecule has 0 unspecified atom stereocenters. The van der Waals surface area contributed by atoms with Crippen LogP contribution < -0.4 is 0 Å². The van der Waals surface area contributed by atoms with Crippen LogP contribution in [0.3, 0.4) is 0 Å². The number of benzene rings is 1. The van der Waals surface area contributed by atoms with Crippen molar-refractivity contribution in [3.8, 4) is 11.3 Å². The molecule has 2 aromatic rings. The van der Waals surface area contributed by atoms with Crippen LogP contribution >= 0.6 is 23.2 Å². The number of furan rings is 1. The molecule has 0 aliphatic rings. The van der Waals surface area contributed by atoms with Crippen LogP contribution in [0.5, 0.6) is 0 Å². The molecule has 0 aliphatic carbocycles. The van der Waals surface area contributed by atoms with Crippen LogP contribution in [-0.2, 0) is 5.88 Å². The van der Waals surface area contributed by atoms with Gasteiger partial charge in [0.15, 0.2) is 0 Å². The minimum Gasteiger partial charge on any atom is -0.460 e. The normalized spacial score (nSPS) is 10.4. The predicted molar refractivity (Wildman–Crippen MR) is 58.7 cm³/mol. The quantitative estimate of drug-likeness (QED) is 0.695. The second-order valence-corrected chi connectivity index (χ2v) is 3.61. The van der Waals surface area contributed by atoms with Crippen LogP contribution in [0.1, 0.15) is 5.76 Å². The van der Waals surface area contributed by atoms with Crippen molar-refractivity contribution in [1.29, 1.82) is 0 Å². The molecule has 2 rings (SSSR count). The van der Waals surface area contributed by atoms with Gasteiger partial charge in [-0.2, -0.15) is 0 Å². The molecule has 14 heavy (non-hydrogen) atoms. The Morgan fingerprint density at radius 3 is 2.29 bits per heavy atom. The Balaban J connectivity index is 2.34. The van der Waals surface area contributed by atoms with Crippen molar-refractivity contribution in [2.75, 3.05) is 0 Å².